The maximum absolute atomic E-state index is 4.22. The molecular weight excluding hydrogens is 206 g/mol. The molecule has 2 heterocycles. The van der Waals surface area contributed by atoms with Crippen LogP contribution in [0.15, 0.2) is 12.4 Å². The molecule has 0 aliphatic carbocycles. The first-order valence-electron chi connectivity index (χ1n) is 5.48. The minimum atomic E-state index is 0.415. The number of nitrogens with one attached hydrogen (secondary N) is 2. The van der Waals surface area contributed by atoms with Crippen LogP contribution >= 0.6 is 11.8 Å². The number of hydrogen-bond acceptors (Lipinski definition) is 3. The van der Waals surface area contributed by atoms with Crippen molar-refractivity contribution in [2.45, 2.75) is 32.9 Å². The van der Waals surface area contributed by atoms with E-state index in [0.717, 1.165) is 12.4 Å². The highest BCUT2D eigenvalue weighted by atomic mass is 32.2. The van der Waals surface area contributed by atoms with Crippen LogP contribution < -0.4 is 5.32 Å². The van der Waals surface area contributed by atoms with Crippen LogP contribution in [0.1, 0.15) is 26.1 Å². The molecule has 0 bridgehead atoms. The van der Waals surface area contributed by atoms with Gasteiger partial charge in [-0.15, -0.1) is 0 Å². The summed E-state index contributed by atoms with van der Waals surface area (Å²) >= 11 is 2.05. The summed E-state index contributed by atoms with van der Waals surface area (Å²) in [5, 5.41) is 3.60. The van der Waals surface area contributed by atoms with Crippen molar-refractivity contribution in [2.75, 3.05) is 11.5 Å². The summed E-state index contributed by atoms with van der Waals surface area (Å²) in [6, 6.07) is 0.598. The molecule has 15 heavy (non-hydrogen) atoms. The predicted molar refractivity (Wildman–Crippen MR) is 64.9 cm³/mol. The Labute approximate surface area is 95.4 Å². The lowest BCUT2D eigenvalue weighted by Gasteiger charge is -2.38. The fourth-order valence-electron chi connectivity index (χ4n) is 1.89. The van der Waals surface area contributed by atoms with Crippen LogP contribution in [0.3, 0.4) is 0 Å². The van der Waals surface area contributed by atoms with Gasteiger partial charge < -0.3 is 10.3 Å². The second kappa shape index (κ2) is 4.58. The molecule has 1 aliphatic heterocycles. The van der Waals surface area contributed by atoms with Crippen molar-refractivity contribution in [3.63, 3.8) is 0 Å². The van der Waals surface area contributed by atoms with Gasteiger partial charge in [0.05, 0.1) is 6.54 Å². The quantitative estimate of drug-likeness (QED) is 0.827. The van der Waals surface area contributed by atoms with Crippen LogP contribution in [0.4, 0.5) is 0 Å². The fourth-order valence-corrected chi connectivity index (χ4v) is 3.53. The van der Waals surface area contributed by atoms with E-state index < -0.39 is 0 Å². The third kappa shape index (κ3) is 2.75. The number of thioether (sulfide) groups is 1. The molecule has 2 N–H and O–H groups in total. The normalized spacial score (nSPS) is 25.3. The van der Waals surface area contributed by atoms with E-state index >= 15 is 0 Å². The lowest BCUT2D eigenvalue weighted by Crippen LogP contribution is -2.46. The zero-order valence-corrected chi connectivity index (χ0v) is 10.2. The number of aromatic amines is 1. The van der Waals surface area contributed by atoms with Crippen molar-refractivity contribution in [1.29, 1.82) is 0 Å². The smallest absolute Gasteiger partial charge is 0.120 e. The Morgan fingerprint density at radius 3 is 3.20 bits per heavy atom. The summed E-state index contributed by atoms with van der Waals surface area (Å²) < 4.78 is 0. The van der Waals surface area contributed by atoms with Crippen molar-refractivity contribution in [1.82, 2.24) is 15.3 Å². The monoisotopic (exact) mass is 225 g/mol. The molecule has 1 aromatic heterocycles. The largest absolute Gasteiger partial charge is 0.348 e. The summed E-state index contributed by atoms with van der Waals surface area (Å²) in [4.78, 5) is 7.35. The van der Waals surface area contributed by atoms with Crippen molar-refractivity contribution < 1.29 is 0 Å². The number of H-pyrrole nitrogens is 1. The highest BCUT2D eigenvalue weighted by molar-refractivity contribution is 7.99. The van der Waals surface area contributed by atoms with E-state index in [4.69, 9.17) is 0 Å². The Kier molecular flexibility index (Phi) is 3.36. The molecule has 1 unspecified atom stereocenters. The first-order chi connectivity index (χ1) is 7.18. The molecule has 4 heteroatoms. The molecule has 2 rings (SSSR count). The van der Waals surface area contributed by atoms with E-state index in [1.54, 1.807) is 6.20 Å². The summed E-state index contributed by atoms with van der Waals surface area (Å²) in [6.07, 6.45) is 4.98. The molecule has 3 nitrogen and oxygen atoms in total. The van der Waals surface area contributed by atoms with Crippen LogP contribution in [0.5, 0.6) is 0 Å². The standard InChI is InChI=1S/C11H19N3S/c1-11(2)3-6-15-8-9(11)14-7-10-12-4-5-13-10/h4-5,9,14H,3,6-8H2,1-2H3,(H,12,13). The highest BCUT2D eigenvalue weighted by Gasteiger charge is 2.32. The van der Waals surface area contributed by atoms with E-state index in [1.807, 2.05) is 18.0 Å². The van der Waals surface area contributed by atoms with Gasteiger partial charge in [-0.25, -0.2) is 4.98 Å². The molecule has 0 radical (unpaired) electrons. The second-order valence-corrected chi connectivity index (χ2v) is 5.93. The second-order valence-electron chi connectivity index (χ2n) is 4.78. The Balaban J connectivity index is 1.88. The zero-order valence-electron chi connectivity index (χ0n) is 9.42. The van der Waals surface area contributed by atoms with Gasteiger partial charge in [0, 0.05) is 24.2 Å². The van der Waals surface area contributed by atoms with Crippen LogP contribution in [0.2, 0.25) is 0 Å². The predicted octanol–water partition coefficient (Wildman–Crippen LogP) is 2.03. The third-order valence-electron chi connectivity index (χ3n) is 3.19. The SMILES string of the molecule is CC1(C)CCSCC1NCc1ncc[nH]1. The Hall–Kier alpha value is -0.480. The molecule has 0 amide bonds. The van der Waals surface area contributed by atoms with Gasteiger partial charge in [-0.2, -0.15) is 11.8 Å². The van der Waals surface area contributed by atoms with E-state index in [9.17, 15) is 0 Å². The molecule has 0 spiro atoms. The number of rotatable bonds is 3. The summed E-state index contributed by atoms with van der Waals surface area (Å²) in [7, 11) is 0. The maximum atomic E-state index is 4.22. The first kappa shape index (κ1) is 11.0. The Morgan fingerprint density at radius 1 is 1.67 bits per heavy atom. The zero-order chi connectivity index (χ0) is 10.7. The van der Waals surface area contributed by atoms with E-state index in [-0.39, 0.29) is 0 Å². The van der Waals surface area contributed by atoms with Crippen LogP contribution in [0.25, 0.3) is 0 Å². The van der Waals surface area contributed by atoms with Gasteiger partial charge in [-0.1, -0.05) is 13.8 Å². The van der Waals surface area contributed by atoms with Gasteiger partial charge in [-0.05, 0) is 17.6 Å². The van der Waals surface area contributed by atoms with Gasteiger partial charge in [0.15, 0.2) is 0 Å². The Morgan fingerprint density at radius 2 is 2.53 bits per heavy atom. The minimum absolute atomic E-state index is 0.415. The highest BCUT2D eigenvalue weighted by Crippen LogP contribution is 2.34. The first-order valence-corrected chi connectivity index (χ1v) is 6.63. The molecule has 1 atom stereocenters. The number of nitrogens with zero attached hydrogens (tertiary/aromatic N) is 1. The Bertz CT molecular complexity index is 295. The molecule has 0 aromatic carbocycles. The topological polar surface area (TPSA) is 40.7 Å². The van der Waals surface area contributed by atoms with Crippen LogP contribution in [-0.2, 0) is 6.54 Å². The van der Waals surface area contributed by atoms with E-state index in [2.05, 4.69) is 29.1 Å². The van der Waals surface area contributed by atoms with Gasteiger partial charge >= 0.3 is 0 Å². The third-order valence-corrected chi connectivity index (χ3v) is 4.25. The van der Waals surface area contributed by atoms with E-state index in [0.29, 0.717) is 11.5 Å². The summed E-state index contributed by atoms with van der Waals surface area (Å²) in [5.41, 5.74) is 0.415. The van der Waals surface area contributed by atoms with Crippen molar-refractivity contribution in [2.24, 2.45) is 5.41 Å². The average molecular weight is 225 g/mol. The van der Waals surface area contributed by atoms with Gasteiger partial charge in [0.1, 0.15) is 5.82 Å². The van der Waals surface area contributed by atoms with E-state index in [1.165, 1.54) is 17.9 Å². The summed E-state index contributed by atoms with van der Waals surface area (Å²) in [5.74, 6) is 3.54. The van der Waals surface area contributed by atoms with Gasteiger partial charge in [0.25, 0.3) is 0 Å². The van der Waals surface area contributed by atoms with Crippen molar-refractivity contribution >= 4 is 11.8 Å². The average Bonchev–Trinajstić information content (AvgIpc) is 2.68. The van der Waals surface area contributed by atoms with Crippen molar-refractivity contribution in [3.8, 4) is 0 Å². The van der Waals surface area contributed by atoms with Crippen molar-refractivity contribution in [3.05, 3.63) is 18.2 Å². The number of hydrogen-bond donors (Lipinski definition) is 2. The van der Waals surface area contributed by atoms with Gasteiger partial charge in [0.2, 0.25) is 0 Å². The molecular formula is C11H19N3S. The molecule has 1 aromatic rings. The summed E-state index contributed by atoms with van der Waals surface area (Å²) in [6.45, 7) is 5.56. The lowest BCUT2D eigenvalue weighted by atomic mass is 9.82. The minimum Gasteiger partial charge on any atom is -0.348 e. The molecule has 1 fully saturated rings. The molecule has 1 saturated heterocycles. The van der Waals surface area contributed by atoms with Crippen LogP contribution in [-0.4, -0.2) is 27.5 Å². The molecule has 0 saturated carbocycles. The lowest BCUT2D eigenvalue weighted by molar-refractivity contribution is 0.243. The van der Waals surface area contributed by atoms with Crippen LogP contribution in [0, 0.1) is 5.41 Å². The molecule has 1 aliphatic rings. The molecule has 84 valence electrons. The maximum Gasteiger partial charge on any atom is 0.120 e. The number of aromatic nitrogens is 2. The van der Waals surface area contributed by atoms with Gasteiger partial charge in [-0.3, -0.25) is 0 Å². The fraction of sp³-hybridized carbons (Fsp3) is 0.727. The number of imidazole rings is 1.